The lowest BCUT2D eigenvalue weighted by Crippen LogP contribution is -2.36. The van der Waals surface area contributed by atoms with E-state index in [1.807, 2.05) is 24.3 Å². The Morgan fingerprint density at radius 2 is 1.88 bits per heavy atom. The Morgan fingerprint density at radius 3 is 2.58 bits per heavy atom. The van der Waals surface area contributed by atoms with E-state index >= 15 is 0 Å². The van der Waals surface area contributed by atoms with E-state index in [2.05, 4.69) is 20.6 Å². The van der Waals surface area contributed by atoms with Gasteiger partial charge >= 0.3 is 0 Å². The summed E-state index contributed by atoms with van der Waals surface area (Å²) in [5.41, 5.74) is 1.25. The Morgan fingerprint density at radius 1 is 1.12 bits per heavy atom. The molecule has 24 heavy (non-hydrogen) atoms. The highest BCUT2D eigenvalue weighted by molar-refractivity contribution is 5.93. The van der Waals surface area contributed by atoms with Crippen LogP contribution in [-0.2, 0) is 0 Å². The van der Waals surface area contributed by atoms with E-state index < -0.39 is 0 Å². The first-order valence-corrected chi connectivity index (χ1v) is 8.28. The van der Waals surface area contributed by atoms with E-state index in [1.165, 1.54) is 25.6 Å². The SMILES string of the molecule is COc1ccc(Nc2cc(C(=O)NC3CCCCC3)ncn2)cc1. The molecule has 6 nitrogen and oxygen atoms in total. The van der Waals surface area contributed by atoms with Crippen molar-refractivity contribution in [1.29, 1.82) is 0 Å². The van der Waals surface area contributed by atoms with Gasteiger partial charge in [-0.3, -0.25) is 4.79 Å². The van der Waals surface area contributed by atoms with Crippen molar-refractivity contribution < 1.29 is 9.53 Å². The normalized spacial score (nSPS) is 14.9. The van der Waals surface area contributed by atoms with E-state index in [9.17, 15) is 4.79 Å². The van der Waals surface area contributed by atoms with Crippen LogP contribution in [0.4, 0.5) is 11.5 Å². The van der Waals surface area contributed by atoms with Gasteiger partial charge in [0, 0.05) is 17.8 Å². The minimum atomic E-state index is -0.137. The lowest BCUT2D eigenvalue weighted by atomic mass is 9.95. The number of hydrogen-bond acceptors (Lipinski definition) is 5. The smallest absolute Gasteiger partial charge is 0.270 e. The number of aromatic nitrogens is 2. The van der Waals surface area contributed by atoms with Gasteiger partial charge in [0.15, 0.2) is 0 Å². The van der Waals surface area contributed by atoms with Gasteiger partial charge in [0.25, 0.3) is 5.91 Å². The molecule has 0 aliphatic heterocycles. The van der Waals surface area contributed by atoms with Crippen LogP contribution in [0.1, 0.15) is 42.6 Å². The number of nitrogens with one attached hydrogen (secondary N) is 2. The first-order valence-electron chi connectivity index (χ1n) is 8.28. The molecule has 0 spiro atoms. The fourth-order valence-corrected chi connectivity index (χ4v) is 2.88. The number of hydrogen-bond donors (Lipinski definition) is 2. The molecule has 6 heteroatoms. The summed E-state index contributed by atoms with van der Waals surface area (Å²) in [5, 5.41) is 6.24. The molecule has 1 aromatic heterocycles. The van der Waals surface area contributed by atoms with Crippen LogP contribution in [0.5, 0.6) is 5.75 Å². The largest absolute Gasteiger partial charge is 0.497 e. The van der Waals surface area contributed by atoms with Crippen LogP contribution in [0.25, 0.3) is 0 Å². The minimum absolute atomic E-state index is 0.137. The molecule has 0 bridgehead atoms. The Kier molecular flexibility index (Phi) is 5.25. The maximum atomic E-state index is 12.4. The third-order valence-corrected chi connectivity index (χ3v) is 4.20. The fourth-order valence-electron chi connectivity index (χ4n) is 2.88. The third kappa shape index (κ3) is 4.22. The second kappa shape index (κ2) is 7.77. The summed E-state index contributed by atoms with van der Waals surface area (Å²) in [6.45, 7) is 0. The Balaban J connectivity index is 1.65. The van der Waals surface area contributed by atoms with Crippen LogP contribution in [0, 0.1) is 0 Å². The molecule has 2 aromatic rings. The molecule has 1 saturated carbocycles. The summed E-state index contributed by atoms with van der Waals surface area (Å²) >= 11 is 0. The van der Waals surface area contributed by atoms with Crippen LogP contribution < -0.4 is 15.4 Å². The maximum Gasteiger partial charge on any atom is 0.270 e. The van der Waals surface area contributed by atoms with Crippen molar-refractivity contribution >= 4 is 17.4 Å². The van der Waals surface area contributed by atoms with Gasteiger partial charge in [-0.1, -0.05) is 19.3 Å². The zero-order chi connectivity index (χ0) is 16.8. The van der Waals surface area contributed by atoms with Crippen molar-refractivity contribution in [2.24, 2.45) is 0 Å². The number of carbonyl (C=O) groups excluding carboxylic acids is 1. The van der Waals surface area contributed by atoms with E-state index in [0.717, 1.165) is 24.3 Å². The molecule has 1 amide bonds. The van der Waals surface area contributed by atoms with Crippen molar-refractivity contribution in [2.45, 2.75) is 38.1 Å². The molecule has 0 radical (unpaired) electrons. The average Bonchev–Trinajstić information content (AvgIpc) is 2.63. The van der Waals surface area contributed by atoms with Gasteiger partial charge in [-0.2, -0.15) is 0 Å². The second-order valence-corrected chi connectivity index (χ2v) is 5.95. The number of benzene rings is 1. The molecule has 0 unspecified atom stereocenters. The molecule has 1 fully saturated rings. The lowest BCUT2D eigenvalue weighted by molar-refractivity contribution is 0.0922. The molecule has 3 rings (SSSR count). The standard InChI is InChI=1S/C18H22N4O2/c1-24-15-9-7-14(8-10-15)21-17-11-16(19-12-20-17)18(23)22-13-5-3-2-4-6-13/h7-13H,2-6H2,1H3,(H,22,23)(H,19,20,21). The summed E-state index contributed by atoms with van der Waals surface area (Å²) in [6, 6.07) is 9.44. The quantitative estimate of drug-likeness (QED) is 0.882. The number of rotatable bonds is 5. The van der Waals surface area contributed by atoms with Gasteiger partial charge in [0.05, 0.1) is 7.11 Å². The van der Waals surface area contributed by atoms with Crippen molar-refractivity contribution in [3.63, 3.8) is 0 Å². The van der Waals surface area contributed by atoms with Gasteiger partial charge in [0.2, 0.25) is 0 Å². The number of nitrogens with zero attached hydrogens (tertiary/aromatic N) is 2. The van der Waals surface area contributed by atoms with Crippen molar-refractivity contribution in [2.75, 3.05) is 12.4 Å². The number of ether oxygens (including phenoxy) is 1. The predicted molar refractivity (Wildman–Crippen MR) is 92.6 cm³/mol. The number of carbonyl (C=O) groups is 1. The molecule has 1 aliphatic rings. The minimum Gasteiger partial charge on any atom is -0.497 e. The van der Waals surface area contributed by atoms with E-state index in [0.29, 0.717) is 11.5 Å². The molecule has 1 aliphatic carbocycles. The first kappa shape index (κ1) is 16.2. The molecule has 126 valence electrons. The molecule has 0 saturated heterocycles. The molecular formula is C18H22N4O2. The van der Waals surface area contributed by atoms with Crippen LogP contribution in [-0.4, -0.2) is 29.0 Å². The maximum absolute atomic E-state index is 12.4. The summed E-state index contributed by atoms with van der Waals surface area (Å²) in [5.74, 6) is 1.24. The number of amides is 1. The zero-order valence-electron chi connectivity index (χ0n) is 13.8. The Labute approximate surface area is 141 Å². The highest BCUT2D eigenvalue weighted by Crippen LogP contribution is 2.20. The van der Waals surface area contributed by atoms with Crippen LogP contribution in [0.15, 0.2) is 36.7 Å². The molecule has 0 atom stereocenters. The van der Waals surface area contributed by atoms with Gasteiger partial charge in [0.1, 0.15) is 23.6 Å². The Hall–Kier alpha value is -2.63. The molecular weight excluding hydrogens is 304 g/mol. The van der Waals surface area contributed by atoms with Crippen molar-refractivity contribution in [3.05, 3.63) is 42.4 Å². The van der Waals surface area contributed by atoms with Gasteiger partial charge < -0.3 is 15.4 Å². The highest BCUT2D eigenvalue weighted by atomic mass is 16.5. The molecule has 1 heterocycles. The summed E-state index contributed by atoms with van der Waals surface area (Å²) in [7, 11) is 1.63. The monoisotopic (exact) mass is 326 g/mol. The second-order valence-electron chi connectivity index (χ2n) is 5.95. The predicted octanol–water partition coefficient (Wildman–Crippen LogP) is 3.29. The summed E-state index contributed by atoms with van der Waals surface area (Å²) < 4.78 is 5.14. The van der Waals surface area contributed by atoms with Crippen LogP contribution >= 0.6 is 0 Å². The van der Waals surface area contributed by atoms with Gasteiger partial charge in [-0.25, -0.2) is 9.97 Å². The highest BCUT2D eigenvalue weighted by Gasteiger charge is 2.17. The topological polar surface area (TPSA) is 76.1 Å². The van der Waals surface area contributed by atoms with Crippen molar-refractivity contribution in [1.82, 2.24) is 15.3 Å². The number of methoxy groups -OCH3 is 1. The third-order valence-electron chi connectivity index (χ3n) is 4.20. The lowest BCUT2D eigenvalue weighted by Gasteiger charge is -2.22. The van der Waals surface area contributed by atoms with E-state index in [-0.39, 0.29) is 11.9 Å². The fraction of sp³-hybridized carbons (Fsp3) is 0.389. The molecule has 1 aromatic carbocycles. The van der Waals surface area contributed by atoms with Crippen LogP contribution in [0.3, 0.4) is 0 Å². The van der Waals surface area contributed by atoms with E-state index in [4.69, 9.17) is 4.74 Å². The van der Waals surface area contributed by atoms with Gasteiger partial charge in [-0.05, 0) is 37.1 Å². The number of anilines is 2. The summed E-state index contributed by atoms with van der Waals surface area (Å²) in [6.07, 6.45) is 7.12. The zero-order valence-corrected chi connectivity index (χ0v) is 13.8. The van der Waals surface area contributed by atoms with E-state index in [1.54, 1.807) is 13.2 Å². The Bertz CT molecular complexity index is 682. The van der Waals surface area contributed by atoms with Crippen LogP contribution in [0.2, 0.25) is 0 Å². The average molecular weight is 326 g/mol. The van der Waals surface area contributed by atoms with Gasteiger partial charge in [-0.15, -0.1) is 0 Å². The molecule has 2 N–H and O–H groups in total. The first-order chi connectivity index (χ1) is 11.7. The van der Waals surface area contributed by atoms with Crippen molar-refractivity contribution in [3.8, 4) is 5.75 Å². The summed E-state index contributed by atoms with van der Waals surface area (Å²) in [4.78, 5) is 20.6.